The maximum atomic E-state index is 12.1. The van der Waals surface area contributed by atoms with Gasteiger partial charge in [-0.1, -0.05) is 12.1 Å². The van der Waals surface area contributed by atoms with Gasteiger partial charge in [0.1, 0.15) is 12.7 Å². The first-order chi connectivity index (χ1) is 11.0. The van der Waals surface area contributed by atoms with Crippen molar-refractivity contribution in [2.45, 2.75) is 0 Å². The average Bonchev–Trinajstić information content (AvgIpc) is 3.07. The fourth-order valence-electron chi connectivity index (χ4n) is 2.09. The highest BCUT2D eigenvalue weighted by atomic mass is 32.1. The van der Waals surface area contributed by atoms with Crippen molar-refractivity contribution in [3.63, 3.8) is 0 Å². The molecule has 23 heavy (non-hydrogen) atoms. The number of hydrogen-bond donors (Lipinski definition) is 1. The quantitative estimate of drug-likeness (QED) is 0.511. The molecule has 0 spiro atoms. The Morgan fingerprint density at radius 3 is 2.39 bits per heavy atom. The van der Waals surface area contributed by atoms with E-state index in [1.807, 2.05) is 0 Å². The van der Waals surface area contributed by atoms with Gasteiger partial charge in [-0.05, 0) is 23.5 Å². The third kappa shape index (κ3) is 2.66. The summed E-state index contributed by atoms with van der Waals surface area (Å²) in [5.41, 5.74) is 0.491. The van der Waals surface area contributed by atoms with Crippen molar-refractivity contribution in [3.8, 4) is 0 Å². The zero-order chi connectivity index (χ0) is 16.6. The van der Waals surface area contributed by atoms with E-state index in [1.165, 1.54) is 12.1 Å². The maximum Gasteiger partial charge on any atom is 0.345 e. The first kappa shape index (κ1) is 14.8. The summed E-state index contributed by atoms with van der Waals surface area (Å²) >= 11 is 0.686. The van der Waals surface area contributed by atoms with E-state index < -0.39 is 29.2 Å². The second-order valence-electron chi connectivity index (χ2n) is 4.55. The fraction of sp³-hybridized carbons (Fsp3) is 0.0769. The van der Waals surface area contributed by atoms with Crippen molar-refractivity contribution >= 4 is 39.2 Å². The van der Waals surface area contributed by atoms with Gasteiger partial charge in [0.05, 0.1) is 16.1 Å². The number of nitro groups is 1. The first-order valence-electron chi connectivity index (χ1n) is 6.32. The molecule has 0 atom stereocenters. The molecule has 2 heterocycles. The summed E-state index contributed by atoms with van der Waals surface area (Å²) in [4.78, 5) is 50.6. The molecule has 1 aromatic carbocycles. The zero-order valence-electron chi connectivity index (χ0n) is 11.4. The van der Waals surface area contributed by atoms with Crippen LogP contribution in [-0.2, 0) is 4.79 Å². The van der Waals surface area contributed by atoms with Crippen molar-refractivity contribution in [1.29, 1.82) is 0 Å². The summed E-state index contributed by atoms with van der Waals surface area (Å²) in [5, 5.41) is 12.7. The zero-order valence-corrected chi connectivity index (χ0v) is 12.2. The molecule has 3 amide bonds. The van der Waals surface area contributed by atoms with Crippen molar-refractivity contribution in [3.05, 3.63) is 51.7 Å². The summed E-state index contributed by atoms with van der Waals surface area (Å²) in [6.07, 6.45) is 1.02. The number of fused-ring (bicyclic) bond motifs is 1. The number of imide groups is 1. The van der Waals surface area contributed by atoms with E-state index in [4.69, 9.17) is 0 Å². The summed E-state index contributed by atoms with van der Waals surface area (Å²) < 4.78 is 0. The van der Waals surface area contributed by atoms with E-state index in [0.29, 0.717) is 11.3 Å². The molecular weight excluding hydrogens is 324 g/mol. The van der Waals surface area contributed by atoms with Gasteiger partial charge < -0.3 is 5.32 Å². The van der Waals surface area contributed by atoms with Crippen LogP contribution in [0.25, 0.3) is 0 Å². The SMILES string of the molecule is O=C(CN1C(=O)c2ccccc2C1=O)Nc1ncc([N+](=O)[O-])s1. The summed E-state index contributed by atoms with van der Waals surface area (Å²) in [5.74, 6) is -1.76. The van der Waals surface area contributed by atoms with Crippen LogP contribution >= 0.6 is 11.3 Å². The molecule has 116 valence electrons. The second-order valence-corrected chi connectivity index (χ2v) is 5.56. The molecule has 0 fully saturated rings. The molecule has 0 saturated carbocycles. The number of rotatable bonds is 4. The normalized spacial score (nSPS) is 13.1. The molecule has 0 bridgehead atoms. The lowest BCUT2D eigenvalue weighted by atomic mass is 10.1. The summed E-state index contributed by atoms with van der Waals surface area (Å²) in [6.45, 7) is -0.486. The van der Waals surface area contributed by atoms with Crippen LogP contribution in [-0.4, -0.2) is 39.1 Å². The van der Waals surface area contributed by atoms with Crippen LogP contribution in [0.3, 0.4) is 0 Å². The van der Waals surface area contributed by atoms with Crippen molar-refractivity contribution in [2.75, 3.05) is 11.9 Å². The standard InChI is InChI=1S/C13H8N4O5S/c18-9(15-13-14-5-10(23-13)17(21)22)6-16-11(19)7-3-1-2-4-8(7)12(16)20/h1-5H,6H2,(H,14,15,18). The molecule has 2 aromatic rings. The average molecular weight is 332 g/mol. The highest BCUT2D eigenvalue weighted by molar-refractivity contribution is 7.18. The van der Waals surface area contributed by atoms with Crippen molar-refractivity contribution in [2.24, 2.45) is 0 Å². The van der Waals surface area contributed by atoms with Gasteiger partial charge >= 0.3 is 5.00 Å². The lowest BCUT2D eigenvalue weighted by molar-refractivity contribution is -0.380. The van der Waals surface area contributed by atoms with Gasteiger partial charge in [0.2, 0.25) is 5.91 Å². The van der Waals surface area contributed by atoms with E-state index in [2.05, 4.69) is 10.3 Å². The molecule has 0 unspecified atom stereocenters. The monoisotopic (exact) mass is 332 g/mol. The van der Waals surface area contributed by atoms with E-state index in [9.17, 15) is 24.5 Å². The molecular formula is C13H8N4O5S. The van der Waals surface area contributed by atoms with Gasteiger partial charge in [-0.3, -0.25) is 29.4 Å². The van der Waals surface area contributed by atoms with E-state index in [0.717, 1.165) is 11.1 Å². The minimum absolute atomic E-state index is 0.0262. The molecule has 1 N–H and O–H groups in total. The lowest BCUT2D eigenvalue weighted by Gasteiger charge is -2.12. The van der Waals surface area contributed by atoms with Crippen LogP contribution in [0, 0.1) is 10.1 Å². The topological polar surface area (TPSA) is 123 Å². The molecule has 0 radical (unpaired) electrons. The van der Waals surface area contributed by atoms with Crippen LogP contribution in [0.15, 0.2) is 30.5 Å². The number of amides is 3. The predicted octanol–water partition coefficient (Wildman–Crippen LogP) is 1.29. The lowest BCUT2D eigenvalue weighted by Crippen LogP contribution is -2.37. The second kappa shape index (κ2) is 5.57. The third-order valence-electron chi connectivity index (χ3n) is 3.10. The molecule has 1 aromatic heterocycles. The maximum absolute atomic E-state index is 12.1. The van der Waals surface area contributed by atoms with Crippen molar-refractivity contribution in [1.82, 2.24) is 9.88 Å². The summed E-state index contributed by atoms with van der Waals surface area (Å²) in [7, 11) is 0. The Morgan fingerprint density at radius 1 is 1.26 bits per heavy atom. The van der Waals surface area contributed by atoms with E-state index in [1.54, 1.807) is 12.1 Å². The molecule has 1 aliphatic heterocycles. The van der Waals surface area contributed by atoms with Crippen LogP contribution in [0.4, 0.5) is 10.1 Å². The number of carbonyl (C=O) groups is 3. The Bertz CT molecular complexity index is 811. The summed E-state index contributed by atoms with van der Waals surface area (Å²) in [6, 6.07) is 6.28. The Morgan fingerprint density at radius 2 is 1.87 bits per heavy atom. The largest absolute Gasteiger partial charge is 0.345 e. The molecule has 9 nitrogen and oxygen atoms in total. The van der Waals surface area contributed by atoms with Crippen LogP contribution in [0.5, 0.6) is 0 Å². The van der Waals surface area contributed by atoms with Gasteiger partial charge in [0.15, 0.2) is 5.13 Å². The Hall–Kier alpha value is -3.14. The number of benzene rings is 1. The highest BCUT2D eigenvalue weighted by Crippen LogP contribution is 2.25. The number of carbonyl (C=O) groups excluding carboxylic acids is 3. The molecule has 10 heteroatoms. The fourth-order valence-corrected chi connectivity index (χ4v) is 2.74. The van der Waals surface area contributed by atoms with E-state index >= 15 is 0 Å². The first-order valence-corrected chi connectivity index (χ1v) is 7.14. The van der Waals surface area contributed by atoms with Gasteiger partial charge in [0, 0.05) is 0 Å². The highest BCUT2D eigenvalue weighted by Gasteiger charge is 2.36. The Kier molecular flexibility index (Phi) is 3.58. The minimum Gasteiger partial charge on any atom is -0.300 e. The molecule has 0 saturated heterocycles. The van der Waals surface area contributed by atoms with Gasteiger partial charge in [0.25, 0.3) is 11.8 Å². The number of aromatic nitrogens is 1. The van der Waals surface area contributed by atoms with Gasteiger partial charge in [-0.15, -0.1) is 0 Å². The Labute approximate surface area is 132 Å². The molecule has 3 rings (SSSR count). The number of anilines is 1. The van der Waals surface area contributed by atoms with E-state index in [-0.39, 0.29) is 21.3 Å². The van der Waals surface area contributed by atoms with Crippen LogP contribution < -0.4 is 5.32 Å². The van der Waals surface area contributed by atoms with Gasteiger partial charge in [-0.2, -0.15) is 0 Å². The molecule has 1 aliphatic rings. The van der Waals surface area contributed by atoms with Crippen LogP contribution in [0.2, 0.25) is 0 Å². The number of nitrogens with one attached hydrogen (secondary N) is 1. The third-order valence-corrected chi connectivity index (χ3v) is 3.96. The van der Waals surface area contributed by atoms with Crippen molar-refractivity contribution < 1.29 is 19.3 Å². The van der Waals surface area contributed by atoms with Crippen LogP contribution in [0.1, 0.15) is 20.7 Å². The smallest absolute Gasteiger partial charge is 0.300 e. The Balaban J connectivity index is 1.70. The number of nitrogens with zero attached hydrogens (tertiary/aromatic N) is 3. The predicted molar refractivity (Wildman–Crippen MR) is 79.2 cm³/mol. The minimum atomic E-state index is -0.663. The van der Waals surface area contributed by atoms with Gasteiger partial charge in [-0.25, -0.2) is 4.98 Å². The number of thiazole rings is 1. The molecule has 0 aliphatic carbocycles. The number of hydrogen-bond acceptors (Lipinski definition) is 7.